The van der Waals surface area contributed by atoms with Crippen LogP contribution in [0.25, 0.3) is 0 Å². The van der Waals surface area contributed by atoms with E-state index in [0.717, 1.165) is 18.5 Å². The second-order valence-corrected chi connectivity index (χ2v) is 3.70. The van der Waals surface area contributed by atoms with Crippen molar-refractivity contribution in [1.29, 1.82) is 0 Å². The third-order valence-corrected chi connectivity index (χ3v) is 2.36. The fourth-order valence-electron chi connectivity index (χ4n) is 1.32. The maximum Gasteiger partial charge on any atom is 0.253 e. The van der Waals surface area contributed by atoms with E-state index in [-0.39, 0.29) is 5.91 Å². The van der Waals surface area contributed by atoms with Crippen LogP contribution in [0.15, 0.2) is 12.3 Å². The SMILES string of the molecule is CNC(=O)c1cc(OC2CC2)cnc1C. The van der Waals surface area contributed by atoms with E-state index >= 15 is 0 Å². The quantitative estimate of drug-likeness (QED) is 0.810. The Morgan fingerprint density at radius 3 is 2.93 bits per heavy atom. The van der Waals surface area contributed by atoms with Crippen LogP contribution >= 0.6 is 0 Å². The fraction of sp³-hybridized carbons (Fsp3) is 0.455. The maximum atomic E-state index is 11.5. The summed E-state index contributed by atoms with van der Waals surface area (Å²) < 4.78 is 5.57. The van der Waals surface area contributed by atoms with E-state index in [1.807, 2.05) is 6.92 Å². The van der Waals surface area contributed by atoms with E-state index < -0.39 is 0 Å². The lowest BCUT2D eigenvalue weighted by Crippen LogP contribution is -2.19. The summed E-state index contributed by atoms with van der Waals surface area (Å²) in [5.41, 5.74) is 1.30. The minimum atomic E-state index is -0.124. The van der Waals surface area contributed by atoms with Crippen molar-refractivity contribution in [3.8, 4) is 5.75 Å². The van der Waals surface area contributed by atoms with Gasteiger partial charge in [0, 0.05) is 7.05 Å². The molecule has 1 saturated carbocycles. The van der Waals surface area contributed by atoms with Crippen LogP contribution in [0.3, 0.4) is 0 Å². The van der Waals surface area contributed by atoms with E-state index in [4.69, 9.17) is 4.74 Å². The number of hydrogen-bond acceptors (Lipinski definition) is 3. The van der Waals surface area contributed by atoms with Gasteiger partial charge in [-0.25, -0.2) is 0 Å². The molecular formula is C11H14N2O2. The molecule has 1 aromatic rings. The van der Waals surface area contributed by atoms with Gasteiger partial charge in [-0.15, -0.1) is 0 Å². The summed E-state index contributed by atoms with van der Waals surface area (Å²) in [5.74, 6) is 0.558. The molecule has 80 valence electrons. The Labute approximate surface area is 88.7 Å². The van der Waals surface area contributed by atoms with Gasteiger partial charge in [0.2, 0.25) is 0 Å². The molecule has 1 aliphatic carbocycles. The Hall–Kier alpha value is -1.58. The molecule has 0 atom stereocenters. The molecule has 1 amide bonds. The normalized spacial score (nSPS) is 14.8. The van der Waals surface area contributed by atoms with Gasteiger partial charge in [-0.3, -0.25) is 9.78 Å². The molecule has 4 heteroatoms. The van der Waals surface area contributed by atoms with Crippen LogP contribution < -0.4 is 10.1 Å². The first kappa shape index (κ1) is 9.96. The molecule has 1 aromatic heterocycles. The van der Waals surface area contributed by atoms with Crippen LogP contribution in [0.2, 0.25) is 0 Å². The van der Waals surface area contributed by atoms with Crippen molar-refractivity contribution in [2.24, 2.45) is 0 Å². The smallest absolute Gasteiger partial charge is 0.253 e. The van der Waals surface area contributed by atoms with Crippen LogP contribution in [0.1, 0.15) is 28.9 Å². The molecule has 4 nitrogen and oxygen atoms in total. The lowest BCUT2D eigenvalue weighted by Gasteiger charge is -2.07. The van der Waals surface area contributed by atoms with E-state index in [0.29, 0.717) is 17.4 Å². The van der Waals surface area contributed by atoms with Crippen molar-refractivity contribution in [3.63, 3.8) is 0 Å². The molecule has 0 unspecified atom stereocenters. The highest BCUT2D eigenvalue weighted by Crippen LogP contribution is 2.27. The highest BCUT2D eigenvalue weighted by molar-refractivity contribution is 5.95. The first-order valence-corrected chi connectivity index (χ1v) is 5.06. The molecule has 0 spiro atoms. The van der Waals surface area contributed by atoms with Gasteiger partial charge < -0.3 is 10.1 Å². The largest absolute Gasteiger partial charge is 0.489 e. The number of rotatable bonds is 3. The first-order valence-electron chi connectivity index (χ1n) is 5.06. The summed E-state index contributed by atoms with van der Waals surface area (Å²) >= 11 is 0. The number of carbonyl (C=O) groups is 1. The zero-order valence-corrected chi connectivity index (χ0v) is 8.91. The van der Waals surface area contributed by atoms with E-state index in [9.17, 15) is 4.79 Å². The Bertz CT molecular complexity index is 386. The Morgan fingerprint density at radius 1 is 1.60 bits per heavy atom. The lowest BCUT2D eigenvalue weighted by atomic mass is 10.2. The van der Waals surface area contributed by atoms with Crippen molar-refractivity contribution in [2.45, 2.75) is 25.9 Å². The van der Waals surface area contributed by atoms with E-state index in [2.05, 4.69) is 10.3 Å². The van der Waals surface area contributed by atoms with E-state index in [1.165, 1.54) is 0 Å². The van der Waals surface area contributed by atoms with Gasteiger partial charge in [-0.2, -0.15) is 0 Å². The molecule has 1 fully saturated rings. The number of carbonyl (C=O) groups excluding carboxylic acids is 1. The summed E-state index contributed by atoms with van der Waals surface area (Å²) in [6.07, 6.45) is 4.19. The highest BCUT2D eigenvalue weighted by Gasteiger charge is 2.24. The van der Waals surface area contributed by atoms with Gasteiger partial charge in [0.25, 0.3) is 5.91 Å². The third kappa shape index (κ3) is 2.26. The summed E-state index contributed by atoms with van der Waals surface area (Å²) in [5, 5.41) is 2.58. The van der Waals surface area contributed by atoms with E-state index in [1.54, 1.807) is 19.3 Å². The predicted octanol–water partition coefficient (Wildman–Crippen LogP) is 1.29. The topological polar surface area (TPSA) is 51.2 Å². The average Bonchev–Trinajstić information content (AvgIpc) is 3.04. The molecule has 1 N–H and O–H groups in total. The molecule has 0 aliphatic heterocycles. The highest BCUT2D eigenvalue weighted by atomic mass is 16.5. The molecular weight excluding hydrogens is 192 g/mol. The molecule has 2 rings (SSSR count). The minimum Gasteiger partial charge on any atom is -0.489 e. The first-order chi connectivity index (χ1) is 7.20. The molecule has 15 heavy (non-hydrogen) atoms. The van der Waals surface area contributed by atoms with Gasteiger partial charge in [-0.05, 0) is 25.8 Å². The van der Waals surface area contributed by atoms with Crippen LogP contribution in [0.4, 0.5) is 0 Å². The second kappa shape index (κ2) is 3.88. The van der Waals surface area contributed by atoms with Gasteiger partial charge in [0.1, 0.15) is 5.75 Å². The van der Waals surface area contributed by atoms with Gasteiger partial charge in [0.15, 0.2) is 0 Å². The van der Waals surface area contributed by atoms with Crippen LogP contribution in [-0.2, 0) is 0 Å². The van der Waals surface area contributed by atoms with Crippen molar-refractivity contribution >= 4 is 5.91 Å². The molecule has 0 saturated heterocycles. The summed E-state index contributed by atoms with van der Waals surface area (Å²) in [6.45, 7) is 1.81. The molecule has 1 aliphatic rings. The van der Waals surface area contributed by atoms with Gasteiger partial charge >= 0.3 is 0 Å². The van der Waals surface area contributed by atoms with Crippen molar-refractivity contribution in [1.82, 2.24) is 10.3 Å². The molecule has 0 radical (unpaired) electrons. The van der Waals surface area contributed by atoms with Crippen molar-refractivity contribution in [3.05, 3.63) is 23.5 Å². The summed E-state index contributed by atoms with van der Waals surface area (Å²) in [4.78, 5) is 15.6. The summed E-state index contributed by atoms with van der Waals surface area (Å²) in [6, 6.07) is 1.75. The number of ether oxygens (including phenoxy) is 1. The molecule has 1 heterocycles. The third-order valence-electron chi connectivity index (χ3n) is 2.36. The second-order valence-electron chi connectivity index (χ2n) is 3.70. The van der Waals surface area contributed by atoms with Crippen molar-refractivity contribution < 1.29 is 9.53 Å². The molecule has 0 aromatic carbocycles. The standard InChI is InChI=1S/C11H14N2O2/c1-7-10(11(14)12-2)5-9(6-13-7)15-8-3-4-8/h5-6,8H,3-4H2,1-2H3,(H,12,14). The number of aryl methyl sites for hydroxylation is 1. The zero-order valence-electron chi connectivity index (χ0n) is 8.91. The Morgan fingerprint density at radius 2 is 2.33 bits per heavy atom. The summed E-state index contributed by atoms with van der Waals surface area (Å²) in [7, 11) is 1.61. The number of hydrogen-bond donors (Lipinski definition) is 1. The zero-order chi connectivity index (χ0) is 10.8. The van der Waals surface area contributed by atoms with Gasteiger partial charge in [0.05, 0.1) is 23.6 Å². The van der Waals surface area contributed by atoms with Crippen LogP contribution in [0.5, 0.6) is 5.75 Å². The van der Waals surface area contributed by atoms with Gasteiger partial charge in [-0.1, -0.05) is 0 Å². The van der Waals surface area contributed by atoms with Crippen molar-refractivity contribution in [2.75, 3.05) is 7.05 Å². The number of pyridine rings is 1. The fourth-order valence-corrected chi connectivity index (χ4v) is 1.32. The Balaban J connectivity index is 2.22. The number of nitrogens with one attached hydrogen (secondary N) is 1. The predicted molar refractivity (Wildman–Crippen MR) is 56.0 cm³/mol. The van der Waals surface area contributed by atoms with Crippen LogP contribution in [-0.4, -0.2) is 24.0 Å². The monoisotopic (exact) mass is 206 g/mol. The van der Waals surface area contributed by atoms with Crippen LogP contribution in [0, 0.1) is 6.92 Å². The molecule has 0 bridgehead atoms. The number of aromatic nitrogens is 1. The Kier molecular flexibility index (Phi) is 2.58. The minimum absolute atomic E-state index is 0.124. The lowest BCUT2D eigenvalue weighted by molar-refractivity contribution is 0.0961. The average molecular weight is 206 g/mol. The number of amides is 1. The maximum absolute atomic E-state index is 11.5. The number of nitrogens with zero attached hydrogens (tertiary/aromatic N) is 1.